The second-order valence-electron chi connectivity index (χ2n) is 3.32. The summed E-state index contributed by atoms with van der Waals surface area (Å²) >= 11 is 5.71. The van der Waals surface area contributed by atoms with Gasteiger partial charge in [0, 0.05) is 14.1 Å². The predicted octanol–water partition coefficient (Wildman–Crippen LogP) is 3.49. The number of rotatable bonds is 1. The monoisotopic (exact) mass is 250 g/mol. The highest BCUT2D eigenvalue weighted by molar-refractivity contribution is 6.64. The molecule has 0 heterocycles. The quantitative estimate of drug-likeness (QED) is 0.423. The average Bonchev–Trinajstić information content (AvgIpc) is 2.16. The summed E-state index contributed by atoms with van der Waals surface area (Å²) in [7, 11) is 3.30. The molecule has 1 aromatic rings. The highest BCUT2D eigenvalue weighted by Crippen LogP contribution is 2.31. The van der Waals surface area contributed by atoms with Crippen molar-refractivity contribution in [3.63, 3.8) is 0 Å². The van der Waals surface area contributed by atoms with Gasteiger partial charge in [-0.15, -0.1) is 0 Å². The van der Waals surface area contributed by atoms with Gasteiger partial charge in [0.15, 0.2) is 5.29 Å². The first-order valence-electron chi connectivity index (χ1n) is 4.39. The second kappa shape index (κ2) is 4.74. The molecule has 1 rings (SSSR count). The molecule has 0 radical (unpaired) electrons. The summed E-state index contributed by atoms with van der Waals surface area (Å²) in [5.74, 6) is 0. The first kappa shape index (κ1) is 12.8. The summed E-state index contributed by atoms with van der Waals surface area (Å²) < 4.78 is 37.1. The zero-order valence-corrected chi connectivity index (χ0v) is 9.47. The van der Waals surface area contributed by atoms with Crippen LogP contribution in [0, 0.1) is 0 Å². The van der Waals surface area contributed by atoms with Crippen LogP contribution in [0.5, 0.6) is 0 Å². The molecule has 0 saturated carbocycles. The Labute approximate surface area is 96.3 Å². The fraction of sp³-hybridized carbons (Fsp3) is 0.300. The molecule has 0 aliphatic heterocycles. The second-order valence-corrected chi connectivity index (χ2v) is 3.66. The lowest BCUT2D eigenvalue weighted by atomic mass is 10.2. The van der Waals surface area contributed by atoms with Crippen molar-refractivity contribution in [1.82, 2.24) is 4.90 Å². The van der Waals surface area contributed by atoms with E-state index in [9.17, 15) is 13.2 Å². The minimum atomic E-state index is -4.36. The van der Waals surface area contributed by atoms with E-state index in [-0.39, 0.29) is 11.0 Å². The number of amidine groups is 1. The van der Waals surface area contributed by atoms with Gasteiger partial charge in [-0.3, -0.25) is 0 Å². The molecule has 0 atom stereocenters. The summed E-state index contributed by atoms with van der Waals surface area (Å²) in [6.07, 6.45) is -4.36. The van der Waals surface area contributed by atoms with Crippen molar-refractivity contribution < 1.29 is 13.2 Å². The molecule has 2 nitrogen and oxygen atoms in total. The Bertz CT molecular complexity index is 399. The van der Waals surface area contributed by atoms with Crippen LogP contribution in [0.3, 0.4) is 0 Å². The van der Waals surface area contributed by atoms with E-state index in [4.69, 9.17) is 11.6 Å². The zero-order valence-electron chi connectivity index (χ0n) is 8.72. The van der Waals surface area contributed by atoms with Crippen LogP contribution in [-0.4, -0.2) is 24.3 Å². The Morgan fingerprint density at radius 3 is 2.44 bits per heavy atom. The van der Waals surface area contributed by atoms with E-state index in [0.29, 0.717) is 0 Å². The zero-order chi connectivity index (χ0) is 12.3. The Kier molecular flexibility index (Phi) is 3.80. The average molecular weight is 251 g/mol. The van der Waals surface area contributed by atoms with Crippen molar-refractivity contribution in [2.24, 2.45) is 4.99 Å². The summed E-state index contributed by atoms with van der Waals surface area (Å²) in [4.78, 5) is 5.34. The number of aliphatic imine (C=N–C) groups is 1. The van der Waals surface area contributed by atoms with Crippen LogP contribution in [-0.2, 0) is 6.18 Å². The summed E-state index contributed by atoms with van der Waals surface area (Å²) in [5, 5.41) is 0.124. The minimum absolute atomic E-state index is 0.124. The highest BCUT2D eigenvalue weighted by Gasteiger charge is 2.30. The lowest BCUT2D eigenvalue weighted by Crippen LogP contribution is -2.15. The van der Waals surface area contributed by atoms with Crippen LogP contribution < -0.4 is 0 Å². The van der Waals surface area contributed by atoms with E-state index in [1.807, 2.05) is 0 Å². The lowest BCUT2D eigenvalue weighted by Gasteiger charge is -2.10. The van der Waals surface area contributed by atoms with Crippen molar-refractivity contribution in [2.75, 3.05) is 14.1 Å². The van der Waals surface area contributed by atoms with Gasteiger partial charge in [0.05, 0.1) is 11.3 Å². The van der Waals surface area contributed by atoms with Crippen molar-refractivity contribution in [3.05, 3.63) is 29.8 Å². The van der Waals surface area contributed by atoms with E-state index < -0.39 is 11.7 Å². The molecule has 0 fully saturated rings. The fourth-order valence-corrected chi connectivity index (χ4v) is 1.06. The van der Waals surface area contributed by atoms with E-state index in [0.717, 1.165) is 12.1 Å². The topological polar surface area (TPSA) is 15.6 Å². The van der Waals surface area contributed by atoms with E-state index in [2.05, 4.69) is 4.99 Å². The molecule has 0 N–H and O–H groups in total. The number of nitrogens with zero attached hydrogens (tertiary/aromatic N) is 2. The third kappa shape index (κ3) is 3.41. The number of halogens is 4. The van der Waals surface area contributed by atoms with Crippen molar-refractivity contribution in [3.8, 4) is 0 Å². The van der Waals surface area contributed by atoms with Gasteiger partial charge in [-0.1, -0.05) is 6.07 Å². The lowest BCUT2D eigenvalue weighted by molar-refractivity contribution is -0.137. The van der Waals surface area contributed by atoms with Crippen molar-refractivity contribution in [2.45, 2.75) is 6.18 Å². The van der Waals surface area contributed by atoms with Crippen molar-refractivity contribution in [1.29, 1.82) is 0 Å². The summed E-state index contributed by atoms with van der Waals surface area (Å²) in [6.45, 7) is 0. The van der Waals surface area contributed by atoms with Gasteiger partial charge in [0.25, 0.3) is 0 Å². The van der Waals surface area contributed by atoms with Gasteiger partial charge in [-0.25, -0.2) is 4.99 Å². The standard InChI is InChI=1S/C10H10ClF3N2/c1-16(2)9(11)15-8-5-3-4-7(6-8)10(12,13)14/h3-6H,1-2H3. The minimum Gasteiger partial charge on any atom is -0.353 e. The first-order valence-corrected chi connectivity index (χ1v) is 4.77. The smallest absolute Gasteiger partial charge is 0.353 e. The van der Waals surface area contributed by atoms with E-state index in [1.165, 1.54) is 17.0 Å². The fourth-order valence-electron chi connectivity index (χ4n) is 0.958. The molecule has 0 spiro atoms. The third-order valence-corrected chi connectivity index (χ3v) is 2.19. The maximum absolute atomic E-state index is 12.4. The largest absolute Gasteiger partial charge is 0.416 e. The molecule has 0 aromatic heterocycles. The van der Waals surface area contributed by atoms with Crippen molar-refractivity contribution >= 4 is 22.6 Å². The molecule has 1 aromatic carbocycles. The molecule has 88 valence electrons. The molecule has 16 heavy (non-hydrogen) atoms. The Balaban J connectivity index is 3.05. The maximum atomic E-state index is 12.4. The van der Waals surface area contributed by atoms with Gasteiger partial charge in [-0.2, -0.15) is 13.2 Å². The SMILES string of the molecule is CN(C)C(Cl)=Nc1cccc(C(F)(F)F)c1. The highest BCUT2D eigenvalue weighted by atomic mass is 35.5. The maximum Gasteiger partial charge on any atom is 0.416 e. The Hall–Kier alpha value is -1.23. The Morgan fingerprint density at radius 1 is 1.31 bits per heavy atom. The van der Waals surface area contributed by atoms with Crippen LogP contribution in [0.25, 0.3) is 0 Å². The predicted molar refractivity (Wildman–Crippen MR) is 58.1 cm³/mol. The molecule has 6 heteroatoms. The van der Waals surface area contributed by atoms with Crippen LogP contribution in [0.15, 0.2) is 29.3 Å². The molecule has 0 bridgehead atoms. The van der Waals surface area contributed by atoms with Gasteiger partial charge in [-0.05, 0) is 29.8 Å². The third-order valence-electron chi connectivity index (χ3n) is 1.76. The number of hydrogen-bond acceptors (Lipinski definition) is 1. The summed E-state index contributed by atoms with van der Waals surface area (Å²) in [5.41, 5.74) is -0.564. The van der Waals surface area contributed by atoms with E-state index >= 15 is 0 Å². The Morgan fingerprint density at radius 2 is 1.94 bits per heavy atom. The first-order chi connectivity index (χ1) is 7.30. The molecule has 0 aliphatic rings. The van der Waals surface area contributed by atoms with Gasteiger partial charge < -0.3 is 4.90 Å². The van der Waals surface area contributed by atoms with Gasteiger partial charge in [0.2, 0.25) is 0 Å². The van der Waals surface area contributed by atoms with Crippen LogP contribution in [0.2, 0.25) is 0 Å². The normalized spacial score (nSPS) is 12.8. The number of alkyl halides is 3. The molecular weight excluding hydrogens is 241 g/mol. The molecule has 0 aliphatic carbocycles. The van der Waals surface area contributed by atoms with Gasteiger partial charge in [0.1, 0.15) is 0 Å². The molecule has 0 saturated heterocycles. The molecule has 0 amide bonds. The van der Waals surface area contributed by atoms with Gasteiger partial charge >= 0.3 is 6.18 Å². The number of hydrogen-bond donors (Lipinski definition) is 0. The van der Waals surface area contributed by atoms with E-state index in [1.54, 1.807) is 14.1 Å². The molecule has 0 unspecified atom stereocenters. The van der Waals surface area contributed by atoms with Crippen LogP contribution >= 0.6 is 11.6 Å². The molecular formula is C10H10ClF3N2. The van der Waals surface area contributed by atoms with Crippen LogP contribution in [0.4, 0.5) is 18.9 Å². The van der Waals surface area contributed by atoms with Crippen LogP contribution in [0.1, 0.15) is 5.56 Å². The summed E-state index contributed by atoms with van der Waals surface area (Å²) in [6, 6.07) is 4.69. The number of benzene rings is 1.